The third-order valence-corrected chi connectivity index (χ3v) is 7.53. The van der Waals surface area contributed by atoms with Crippen molar-refractivity contribution in [2.24, 2.45) is 0 Å². The first-order valence-corrected chi connectivity index (χ1v) is 14.3. The van der Waals surface area contributed by atoms with Crippen molar-refractivity contribution in [3.8, 4) is 17.2 Å². The Hall–Kier alpha value is -5.46. The van der Waals surface area contributed by atoms with Crippen molar-refractivity contribution in [1.82, 2.24) is 14.9 Å². The number of ether oxygens (including phenoxy) is 1. The molecule has 0 fully saturated rings. The normalized spacial score (nSPS) is 12.8. The molecule has 0 atom stereocenters. The summed E-state index contributed by atoms with van der Waals surface area (Å²) in [4.78, 5) is 46.3. The zero-order valence-corrected chi connectivity index (χ0v) is 24.5. The maximum Gasteiger partial charge on any atom is 0.320 e. The third kappa shape index (κ3) is 6.77. The van der Waals surface area contributed by atoms with Crippen LogP contribution in [0.3, 0.4) is 0 Å². The molecular formula is C35H31N5O4. The van der Waals surface area contributed by atoms with Gasteiger partial charge in [-0.25, -0.2) is 0 Å². The topological polar surface area (TPSA) is 125 Å². The molecule has 0 saturated carbocycles. The number of fused-ring (bicyclic) bond motifs is 1. The fourth-order valence-electron chi connectivity index (χ4n) is 5.24. The number of pyridine rings is 2. The molecule has 0 unspecified atom stereocenters. The van der Waals surface area contributed by atoms with Crippen LogP contribution in [0.4, 0.5) is 5.69 Å². The summed E-state index contributed by atoms with van der Waals surface area (Å²) in [5, 5.41) is 13.1. The molecular weight excluding hydrogens is 554 g/mol. The van der Waals surface area contributed by atoms with Crippen LogP contribution in [0.25, 0.3) is 23.3 Å². The Morgan fingerprint density at radius 2 is 1.89 bits per heavy atom. The molecule has 0 radical (unpaired) electrons. The number of nitrogens with one attached hydrogen (secondary N) is 1. The number of benzene rings is 2. The van der Waals surface area contributed by atoms with Crippen molar-refractivity contribution < 1.29 is 19.1 Å². The van der Waals surface area contributed by atoms with Crippen molar-refractivity contribution >= 4 is 36.0 Å². The second-order valence-corrected chi connectivity index (χ2v) is 10.4. The Kier molecular flexibility index (Phi) is 9.33. The summed E-state index contributed by atoms with van der Waals surface area (Å²) in [7, 11) is 0. The minimum atomic E-state index is -0.404. The number of carbonyl (C=O) groups excluding carboxylic acids is 3. The maximum atomic E-state index is 12.8. The number of hydrogen-bond acceptors (Lipinski definition) is 8. The highest BCUT2D eigenvalue weighted by atomic mass is 16.5. The Morgan fingerprint density at radius 3 is 2.64 bits per heavy atom. The smallest absolute Gasteiger partial charge is 0.320 e. The van der Waals surface area contributed by atoms with Crippen LogP contribution in [0.1, 0.15) is 61.3 Å². The second-order valence-electron chi connectivity index (χ2n) is 10.4. The van der Waals surface area contributed by atoms with Gasteiger partial charge in [-0.2, -0.15) is 5.26 Å². The summed E-state index contributed by atoms with van der Waals surface area (Å²) >= 11 is 0. The van der Waals surface area contributed by atoms with E-state index in [0.29, 0.717) is 47.5 Å². The third-order valence-electron chi connectivity index (χ3n) is 7.53. The first-order valence-electron chi connectivity index (χ1n) is 14.3. The van der Waals surface area contributed by atoms with Gasteiger partial charge in [-0.3, -0.25) is 29.3 Å². The van der Waals surface area contributed by atoms with Crippen LogP contribution in [0, 0.1) is 18.3 Å². The molecule has 4 aromatic rings. The van der Waals surface area contributed by atoms with E-state index in [1.807, 2.05) is 44.2 Å². The predicted octanol–water partition coefficient (Wildman–Crippen LogP) is 5.48. The predicted molar refractivity (Wildman–Crippen MR) is 168 cm³/mol. The van der Waals surface area contributed by atoms with Crippen molar-refractivity contribution in [2.45, 2.75) is 26.8 Å². The van der Waals surface area contributed by atoms with E-state index in [1.165, 1.54) is 29.5 Å². The Morgan fingerprint density at radius 1 is 1.05 bits per heavy atom. The van der Waals surface area contributed by atoms with E-state index in [1.54, 1.807) is 18.3 Å². The lowest BCUT2D eigenvalue weighted by molar-refractivity contribution is -0.144. The van der Waals surface area contributed by atoms with Gasteiger partial charge in [-0.05, 0) is 78.4 Å². The summed E-state index contributed by atoms with van der Waals surface area (Å²) < 4.78 is 5.09. The van der Waals surface area contributed by atoms with E-state index >= 15 is 0 Å². The number of carbonyl (C=O) groups is 3. The van der Waals surface area contributed by atoms with Gasteiger partial charge in [0.2, 0.25) is 0 Å². The van der Waals surface area contributed by atoms with Gasteiger partial charge < -0.3 is 10.1 Å². The molecule has 9 heteroatoms. The lowest BCUT2D eigenvalue weighted by Gasteiger charge is -2.28. The molecule has 9 nitrogen and oxygen atoms in total. The van der Waals surface area contributed by atoms with Gasteiger partial charge in [0.15, 0.2) is 6.29 Å². The summed E-state index contributed by atoms with van der Waals surface area (Å²) in [6, 6.07) is 18.9. The van der Waals surface area contributed by atoms with Gasteiger partial charge in [0.25, 0.3) is 5.91 Å². The molecule has 220 valence electrons. The van der Waals surface area contributed by atoms with Gasteiger partial charge in [-0.15, -0.1) is 0 Å². The first-order chi connectivity index (χ1) is 21.4. The lowest BCUT2D eigenvalue weighted by atomic mass is 9.94. The van der Waals surface area contributed by atoms with E-state index in [-0.39, 0.29) is 18.2 Å². The van der Waals surface area contributed by atoms with Crippen molar-refractivity contribution in [3.63, 3.8) is 0 Å². The lowest BCUT2D eigenvalue weighted by Crippen LogP contribution is -2.35. The molecule has 5 rings (SSSR count). The van der Waals surface area contributed by atoms with Crippen LogP contribution >= 0.6 is 0 Å². The molecule has 1 N–H and O–H groups in total. The second kappa shape index (κ2) is 13.7. The largest absolute Gasteiger partial charge is 0.465 e. The van der Waals surface area contributed by atoms with Crippen LogP contribution in [-0.2, 0) is 22.5 Å². The molecule has 3 heterocycles. The molecule has 0 saturated heterocycles. The van der Waals surface area contributed by atoms with E-state index in [9.17, 15) is 19.6 Å². The monoisotopic (exact) mass is 585 g/mol. The van der Waals surface area contributed by atoms with Crippen LogP contribution in [0.5, 0.6) is 0 Å². The minimum Gasteiger partial charge on any atom is -0.465 e. The van der Waals surface area contributed by atoms with Gasteiger partial charge in [0.05, 0.1) is 24.4 Å². The van der Waals surface area contributed by atoms with Gasteiger partial charge in [-0.1, -0.05) is 36.4 Å². The number of nitriles is 1. The van der Waals surface area contributed by atoms with Crippen molar-refractivity contribution in [2.75, 3.05) is 25.0 Å². The summed E-state index contributed by atoms with van der Waals surface area (Å²) in [5.74, 6) is -0.608. The van der Waals surface area contributed by atoms with Crippen molar-refractivity contribution in [3.05, 3.63) is 112 Å². The quantitative estimate of drug-likeness (QED) is 0.202. The van der Waals surface area contributed by atoms with Crippen LogP contribution in [-0.4, -0.2) is 52.7 Å². The number of esters is 1. The molecule has 1 aliphatic heterocycles. The van der Waals surface area contributed by atoms with Crippen LogP contribution < -0.4 is 5.32 Å². The molecule has 44 heavy (non-hydrogen) atoms. The molecule has 0 spiro atoms. The summed E-state index contributed by atoms with van der Waals surface area (Å²) in [6.45, 7) is 5.84. The fraction of sp³-hybridized carbons (Fsp3) is 0.200. The Balaban J connectivity index is 1.35. The number of hydrogen-bond donors (Lipinski definition) is 1. The maximum absolute atomic E-state index is 12.8. The van der Waals surface area contributed by atoms with Crippen LogP contribution in [0.15, 0.2) is 67.0 Å². The van der Waals surface area contributed by atoms with Crippen molar-refractivity contribution in [1.29, 1.82) is 5.26 Å². The molecule has 1 aliphatic rings. The fourth-order valence-corrected chi connectivity index (χ4v) is 5.24. The van der Waals surface area contributed by atoms with Gasteiger partial charge in [0, 0.05) is 42.3 Å². The van der Waals surface area contributed by atoms with E-state index in [2.05, 4.69) is 38.4 Å². The molecule has 2 aromatic heterocycles. The SMILES string of the molecule is CCOC(=O)CN1CCc2cc(/C=C/c3nccc(-c4cccc(NC(=O)c5ccc(C=O)cn5)c4C)c3C#N)ccc2C1. The average Bonchev–Trinajstić information content (AvgIpc) is 3.04. The Labute approximate surface area is 255 Å². The molecule has 1 amide bonds. The molecule has 2 aromatic carbocycles. The minimum absolute atomic E-state index is 0.186. The number of nitrogens with zero attached hydrogens (tertiary/aromatic N) is 4. The van der Waals surface area contributed by atoms with Gasteiger partial charge >= 0.3 is 5.97 Å². The van der Waals surface area contributed by atoms with E-state index < -0.39 is 5.91 Å². The zero-order chi connectivity index (χ0) is 31.1. The Bertz CT molecular complexity index is 1790. The van der Waals surface area contributed by atoms with E-state index in [4.69, 9.17) is 4.74 Å². The highest BCUT2D eigenvalue weighted by molar-refractivity contribution is 6.04. The highest BCUT2D eigenvalue weighted by Crippen LogP contribution is 2.32. The van der Waals surface area contributed by atoms with Gasteiger partial charge in [0.1, 0.15) is 11.8 Å². The first kappa shape index (κ1) is 30.0. The standard InChI is InChI=1S/C35H31N5O4/c1-3-44-34(42)21-40-16-14-26-17-24(7-10-27(26)20-40)8-11-32-30(18-36)29(13-15-37-32)28-5-4-6-31(23(28)2)39-35(43)33-12-9-25(22-41)19-38-33/h4-13,15,17,19,22H,3,14,16,20-21H2,1-2H3,(H,39,43)/b11-8+. The zero-order valence-electron chi connectivity index (χ0n) is 24.5. The number of aldehydes is 1. The number of rotatable bonds is 9. The summed E-state index contributed by atoms with van der Waals surface area (Å²) in [6.07, 6.45) is 8.32. The van der Waals surface area contributed by atoms with E-state index in [0.717, 1.165) is 29.7 Å². The number of amides is 1. The number of aromatic nitrogens is 2. The molecule has 0 bridgehead atoms. The highest BCUT2D eigenvalue weighted by Gasteiger charge is 2.19. The molecule has 0 aliphatic carbocycles. The number of anilines is 1. The summed E-state index contributed by atoms with van der Waals surface area (Å²) in [5.41, 5.74) is 7.82. The average molecular weight is 586 g/mol. The van der Waals surface area contributed by atoms with Crippen LogP contribution in [0.2, 0.25) is 0 Å².